The van der Waals surface area contributed by atoms with E-state index in [1.54, 1.807) is 0 Å². The monoisotopic (exact) mass is 227 g/mol. The van der Waals surface area contributed by atoms with E-state index in [-0.39, 0.29) is 0 Å². The van der Waals surface area contributed by atoms with Gasteiger partial charge in [0.05, 0.1) is 9.85 Å². The number of ether oxygens (including phenoxy) is 1. The summed E-state index contributed by atoms with van der Waals surface area (Å²) in [5.41, 5.74) is -1.18. The Morgan fingerprint density at radius 1 is 1.38 bits per heavy atom. The van der Waals surface area contributed by atoms with E-state index < -0.39 is 33.7 Å². The van der Waals surface area contributed by atoms with Crippen LogP contribution in [0, 0.1) is 20.2 Å². The summed E-state index contributed by atoms with van der Waals surface area (Å²) in [5.74, 6) is -0.428. The molecule has 0 unspecified atom stereocenters. The van der Waals surface area contributed by atoms with Crippen LogP contribution >= 0.6 is 0 Å². The van der Waals surface area contributed by atoms with Gasteiger partial charge < -0.3 is 4.74 Å². The largest absolute Gasteiger partial charge is 0.465 e. The van der Waals surface area contributed by atoms with Crippen LogP contribution in [0.25, 0.3) is 0 Å². The molecule has 0 aliphatic rings. The molecule has 0 amide bonds. The van der Waals surface area contributed by atoms with Crippen molar-refractivity contribution in [3.63, 3.8) is 0 Å². The number of aromatic nitrogens is 1. The molecule has 9 heteroatoms. The normalized spacial score (nSPS) is 9.50. The number of rotatable bonds is 5. The molecule has 0 radical (unpaired) electrons. The van der Waals surface area contributed by atoms with Crippen molar-refractivity contribution in [2.45, 2.75) is 0 Å². The molecule has 84 valence electrons. The van der Waals surface area contributed by atoms with E-state index >= 15 is 0 Å². The smallest absolute Gasteiger partial charge is 0.337 e. The highest BCUT2D eigenvalue weighted by Gasteiger charge is 2.22. The number of hydrogen-bond acceptors (Lipinski definition) is 7. The second-order valence-corrected chi connectivity index (χ2v) is 2.51. The molecule has 1 heterocycles. The lowest BCUT2D eigenvalue weighted by Gasteiger charge is -2.01. The van der Waals surface area contributed by atoms with E-state index in [1.165, 1.54) is 0 Å². The molecule has 0 bridgehead atoms. The first-order valence-corrected chi connectivity index (χ1v) is 3.91. The maximum atomic E-state index is 10.5. The van der Waals surface area contributed by atoms with Gasteiger partial charge in [0.1, 0.15) is 18.9 Å². The minimum Gasteiger partial charge on any atom is -0.465 e. The van der Waals surface area contributed by atoms with Crippen molar-refractivity contribution >= 4 is 17.7 Å². The van der Waals surface area contributed by atoms with Crippen molar-refractivity contribution in [1.82, 2.24) is 4.98 Å². The van der Waals surface area contributed by atoms with E-state index in [4.69, 9.17) is 0 Å². The summed E-state index contributed by atoms with van der Waals surface area (Å²) >= 11 is 0. The first-order valence-electron chi connectivity index (χ1n) is 3.91. The lowest BCUT2D eigenvalue weighted by Crippen LogP contribution is -2.03. The Hall–Kier alpha value is -2.58. The topological polar surface area (TPSA) is 125 Å². The molecule has 0 N–H and O–H groups in total. The molecule has 9 nitrogen and oxygen atoms in total. The fraction of sp³-hybridized carbons (Fsp3) is 0.143. The van der Waals surface area contributed by atoms with Crippen LogP contribution in [0.15, 0.2) is 12.3 Å². The molecular weight excluding hydrogens is 222 g/mol. The van der Waals surface area contributed by atoms with Gasteiger partial charge in [0.25, 0.3) is 11.6 Å². The Morgan fingerprint density at radius 2 is 2.06 bits per heavy atom. The van der Waals surface area contributed by atoms with Gasteiger partial charge in [-0.05, 0) is 0 Å². The van der Waals surface area contributed by atoms with Gasteiger partial charge >= 0.3 is 5.69 Å². The number of nitro groups is 2. The molecule has 1 aromatic rings. The van der Waals surface area contributed by atoms with Crippen molar-refractivity contribution in [1.29, 1.82) is 0 Å². The predicted octanol–water partition coefficient (Wildman–Crippen LogP) is 0.476. The summed E-state index contributed by atoms with van der Waals surface area (Å²) < 4.78 is 4.64. The highest BCUT2D eigenvalue weighted by atomic mass is 16.6. The van der Waals surface area contributed by atoms with E-state index in [1.807, 2.05) is 0 Å². The number of nitrogens with zero attached hydrogens (tertiary/aromatic N) is 3. The van der Waals surface area contributed by atoms with Crippen LogP contribution in [-0.2, 0) is 4.79 Å². The summed E-state index contributed by atoms with van der Waals surface area (Å²) in [5, 5.41) is 20.9. The van der Waals surface area contributed by atoms with Crippen molar-refractivity contribution in [3.05, 3.63) is 32.5 Å². The second kappa shape index (κ2) is 4.77. The molecule has 1 aromatic heterocycles. The third-order valence-electron chi connectivity index (χ3n) is 1.51. The van der Waals surface area contributed by atoms with Crippen molar-refractivity contribution in [2.75, 3.05) is 6.61 Å². The van der Waals surface area contributed by atoms with Gasteiger partial charge in [-0.15, -0.1) is 0 Å². The van der Waals surface area contributed by atoms with Crippen LogP contribution in [0.2, 0.25) is 0 Å². The summed E-state index contributed by atoms with van der Waals surface area (Å²) in [7, 11) is 0. The average molecular weight is 227 g/mol. The second-order valence-electron chi connectivity index (χ2n) is 2.51. The molecule has 0 saturated carbocycles. The van der Waals surface area contributed by atoms with E-state index in [2.05, 4.69) is 9.72 Å². The van der Waals surface area contributed by atoms with Crippen LogP contribution in [-0.4, -0.2) is 27.7 Å². The highest BCUT2D eigenvalue weighted by Crippen LogP contribution is 2.27. The third kappa shape index (κ3) is 2.47. The van der Waals surface area contributed by atoms with Crippen LogP contribution in [0.3, 0.4) is 0 Å². The third-order valence-corrected chi connectivity index (χ3v) is 1.51. The summed E-state index contributed by atoms with van der Waals surface area (Å²) in [6, 6.07) is 0.715. The summed E-state index contributed by atoms with van der Waals surface area (Å²) in [4.78, 5) is 32.6. The van der Waals surface area contributed by atoms with Crippen LogP contribution < -0.4 is 4.74 Å². The molecule has 0 atom stereocenters. The zero-order valence-corrected chi connectivity index (χ0v) is 7.73. The molecule has 0 aliphatic carbocycles. The van der Waals surface area contributed by atoms with E-state index in [9.17, 15) is 25.0 Å². The average Bonchev–Trinajstić information content (AvgIpc) is 2.25. The van der Waals surface area contributed by atoms with E-state index in [0.717, 1.165) is 6.20 Å². The Morgan fingerprint density at radius 3 is 2.56 bits per heavy atom. The number of aldehydes is 1. The Kier molecular flexibility index (Phi) is 3.43. The number of carbonyl (C=O) groups excluding carboxylic acids is 1. The molecule has 16 heavy (non-hydrogen) atoms. The van der Waals surface area contributed by atoms with Gasteiger partial charge in [-0.25, -0.2) is 4.98 Å². The standard InChI is InChI=1S/C7H5N3O6/c11-1-2-16-7-6(10(14)15)3-5(4-8-7)9(12)13/h1,3-4H,2H2. The van der Waals surface area contributed by atoms with Crippen molar-refractivity contribution in [3.8, 4) is 5.88 Å². The van der Waals surface area contributed by atoms with Crippen LogP contribution in [0.1, 0.15) is 0 Å². The molecule has 0 spiro atoms. The Labute approximate surface area is 88.0 Å². The number of carbonyl (C=O) groups is 1. The summed E-state index contributed by atoms with van der Waals surface area (Å²) in [6.45, 7) is -0.411. The quantitative estimate of drug-likeness (QED) is 0.406. The number of pyridine rings is 1. The molecule has 0 fully saturated rings. The minimum absolute atomic E-state index is 0.382. The van der Waals surface area contributed by atoms with Crippen molar-refractivity contribution in [2.24, 2.45) is 0 Å². The minimum atomic E-state index is -0.875. The summed E-state index contributed by atoms with van der Waals surface area (Å²) in [6.07, 6.45) is 1.19. The first-order chi connectivity index (χ1) is 7.56. The fourth-order valence-electron chi connectivity index (χ4n) is 0.885. The maximum Gasteiger partial charge on any atom is 0.337 e. The van der Waals surface area contributed by atoms with Gasteiger partial charge in [0.2, 0.25) is 0 Å². The van der Waals surface area contributed by atoms with Gasteiger partial charge in [-0.1, -0.05) is 0 Å². The zero-order valence-electron chi connectivity index (χ0n) is 7.73. The van der Waals surface area contributed by atoms with Crippen LogP contribution in [0.4, 0.5) is 11.4 Å². The molecule has 0 aliphatic heterocycles. The molecule has 0 aromatic carbocycles. The van der Waals surface area contributed by atoms with Gasteiger partial charge in [0, 0.05) is 0 Å². The lowest BCUT2D eigenvalue weighted by molar-refractivity contribution is -0.395. The van der Waals surface area contributed by atoms with Crippen LogP contribution in [0.5, 0.6) is 5.88 Å². The highest BCUT2D eigenvalue weighted by molar-refractivity contribution is 5.53. The van der Waals surface area contributed by atoms with Crippen molar-refractivity contribution < 1.29 is 19.4 Å². The predicted molar refractivity (Wildman–Crippen MR) is 49.1 cm³/mol. The zero-order chi connectivity index (χ0) is 12.1. The molecule has 0 saturated heterocycles. The van der Waals surface area contributed by atoms with Gasteiger partial charge in [-0.3, -0.25) is 25.0 Å². The Balaban J connectivity index is 3.13. The van der Waals surface area contributed by atoms with Gasteiger partial charge in [-0.2, -0.15) is 0 Å². The molecule has 1 rings (SSSR count). The maximum absolute atomic E-state index is 10.5. The number of hydrogen-bond donors (Lipinski definition) is 0. The molecular formula is C7H5N3O6. The van der Waals surface area contributed by atoms with E-state index in [0.29, 0.717) is 12.4 Å². The lowest BCUT2D eigenvalue weighted by atomic mass is 10.4. The Bertz CT molecular complexity index is 446. The van der Waals surface area contributed by atoms with Gasteiger partial charge in [0.15, 0.2) is 6.29 Å². The SMILES string of the molecule is O=CCOc1ncc([N+](=O)[O-])cc1[N+](=O)[O-]. The fourth-order valence-corrected chi connectivity index (χ4v) is 0.885. The first kappa shape index (κ1) is 11.5.